The molecule has 2 aromatic heterocycles. The van der Waals surface area contributed by atoms with Gasteiger partial charge in [0, 0.05) is 30.5 Å². The number of anilines is 1. The predicted molar refractivity (Wildman–Crippen MR) is 115 cm³/mol. The third-order valence-corrected chi connectivity index (χ3v) is 6.09. The van der Waals surface area contributed by atoms with Crippen LogP contribution in [0.3, 0.4) is 0 Å². The van der Waals surface area contributed by atoms with Crippen LogP contribution >= 0.6 is 11.3 Å². The monoisotopic (exact) mass is 425 g/mol. The smallest absolute Gasteiger partial charge is 0.267 e. The first-order valence-corrected chi connectivity index (χ1v) is 10.7. The second-order valence-electron chi connectivity index (χ2n) is 7.24. The van der Waals surface area contributed by atoms with Gasteiger partial charge in [-0.3, -0.25) is 9.59 Å². The number of aryl methyl sites for hydroxylation is 2. The van der Waals surface area contributed by atoms with Gasteiger partial charge in [-0.05, 0) is 63.1 Å². The molecule has 0 bridgehead atoms. The lowest BCUT2D eigenvalue weighted by molar-refractivity contribution is 0.0696. The van der Waals surface area contributed by atoms with Gasteiger partial charge in [0.1, 0.15) is 10.6 Å². The molecule has 1 saturated heterocycles. The van der Waals surface area contributed by atoms with Crippen LogP contribution in [0.2, 0.25) is 0 Å². The molecule has 3 aromatic rings. The Morgan fingerprint density at radius 2 is 1.77 bits per heavy atom. The summed E-state index contributed by atoms with van der Waals surface area (Å²) in [6.07, 6.45) is 1.65. The zero-order valence-corrected chi connectivity index (χ0v) is 17.7. The second-order valence-corrected chi connectivity index (χ2v) is 8.23. The number of furan rings is 1. The fourth-order valence-corrected chi connectivity index (χ4v) is 4.19. The Hall–Kier alpha value is -2.97. The van der Waals surface area contributed by atoms with Crippen LogP contribution in [0.4, 0.5) is 5.69 Å². The van der Waals surface area contributed by atoms with Gasteiger partial charge in [-0.2, -0.15) is 0 Å². The highest BCUT2D eigenvalue weighted by Gasteiger charge is 2.19. The van der Waals surface area contributed by atoms with E-state index in [9.17, 15) is 9.59 Å². The third-order valence-electron chi connectivity index (χ3n) is 4.92. The minimum absolute atomic E-state index is 0.114. The number of rotatable bonds is 5. The van der Waals surface area contributed by atoms with Crippen molar-refractivity contribution in [3.05, 3.63) is 58.3 Å². The van der Waals surface area contributed by atoms with E-state index >= 15 is 0 Å². The quantitative estimate of drug-likeness (QED) is 0.640. The summed E-state index contributed by atoms with van der Waals surface area (Å²) in [6.45, 7) is 5.02. The SMILES string of the molecule is Cc1ccc(-c2nc(C)c(C(=O)Nc3ccc(C(=O)NC4CCOCC4)cc3)s2)o1. The van der Waals surface area contributed by atoms with E-state index in [0.717, 1.165) is 18.6 Å². The molecule has 0 radical (unpaired) electrons. The van der Waals surface area contributed by atoms with Crippen LogP contribution in [0.25, 0.3) is 10.8 Å². The maximum Gasteiger partial charge on any atom is 0.267 e. The van der Waals surface area contributed by atoms with Crippen molar-refractivity contribution in [1.82, 2.24) is 10.3 Å². The topological polar surface area (TPSA) is 93.5 Å². The summed E-state index contributed by atoms with van der Waals surface area (Å²) in [5, 5.41) is 6.57. The van der Waals surface area contributed by atoms with Gasteiger partial charge in [0.2, 0.25) is 0 Å². The molecule has 0 atom stereocenters. The average molecular weight is 426 g/mol. The number of thiazole rings is 1. The van der Waals surface area contributed by atoms with E-state index in [1.807, 2.05) is 19.1 Å². The van der Waals surface area contributed by atoms with Crippen LogP contribution in [0.15, 0.2) is 40.8 Å². The Morgan fingerprint density at radius 1 is 1.03 bits per heavy atom. The molecule has 1 aliphatic heterocycles. The van der Waals surface area contributed by atoms with Crippen LogP contribution in [0, 0.1) is 13.8 Å². The van der Waals surface area contributed by atoms with Gasteiger partial charge in [-0.1, -0.05) is 0 Å². The summed E-state index contributed by atoms with van der Waals surface area (Å²) in [5.74, 6) is 1.10. The molecule has 0 aliphatic carbocycles. The summed E-state index contributed by atoms with van der Waals surface area (Å²) in [4.78, 5) is 30.1. The highest BCUT2D eigenvalue weighted by atomic mass is 32.1. The standard InChI is InChI=1S/C22H23N3O4S/c1-13-3-8-18(29-13)22-23-14(2)19(30-22)21(27)25-16-6-4-15(5-7-16)20(26)24-17-9-11-28-12-10-17/h3-8,17H,9-12H2,1-2H3,(H,24,26)(H,25,27). The van der Waals surface area contributed by atoms with Crippen LogP contribution in [0.5, 0.6) is 0 Å². The molecule has 30 heavy (non-hydrogen) atoms. The molecule has 1 aliphatic rings. The maximum atomic E-state index is 12.7. The van der Waals surface area contributed by atoms with Gasteiger partial charge in [0.15, 0.2) is 10.8 Å². The van der Waals surface area contributed by atoms with E-state index in [-0.39, 0.29) is 17.9 Å². The molecular weight excluding hydrogens is 402 g/mol. The first kappa shape index (κ1) is 20.3. The van der Waals surface area contributed by atoms with Crippen molar-refractivity contribution in [2.45, 2.75) is 32.7 Å². The largest absolute Gasteiger partial charge is 0.459 e. The number of carbonyl (C=O) groups is 2. The average Bonchev–Trinajstić information content (AvgIpc) is 3.35. The molecule has 0 unspecified atom stereocenters. The number of ether oxygens (including phenoxy) is 1. The lowest BCUT2D eigenvalue weighted by Gasteiger charge is -2.23. The van der Waals surface area contributed by atoms with Crippen LogP contribution in [-0.4, -0.2) is 36.1 Å². The summed E-state index contributed by atoms with van der Waals surface area (Å²) < 4.78 is 10.9. The lowest BCUT2D eigenvalue weighted by atomic mass is 10.1. The van der Waals surface area contributed by atoms with Gasteiger partial charge in [0.25, 0.3) is 11.8 Å². The van der Waals surface area contributed by atoms with Gasteiger partial charge < -0.3 is 19.8 Å². The van der Waals surface area contributed by atoms with Crippen molar-refractivity contribution in [3.63, 3.8) is 0 Å². The normalized spacial score (nSPS) is 14.5. The van der Waals surface area contributed by atoms with Crippen molar-refractivity contribution in [2.24, 2.45) is 0 Å². The summed E-state index contributed by atoms with van der Waals surface area (Å²) in [6, 6.07) is 10.7. The number of amides is 2. The molecule has 156 valence electrons. The molecule has 4 rings (SSSR count). The van der Waals surface area contributed by atoms with Crippen LogP contribution < -0.4 is 10.6 Å². The lowest BCUT2D eigenvalue weighted by Crippen LogP contribution is -2.38. The Labute approximate surface area is 178 Å². The number of benzene rings is 1. The molecule has 2 amide bonds. The molecule has 3 heterocycles. The first-order chi connectivity index (χ1) is 14.5. The molecule has 8 heteroatoms. The highest BCUT2D eigenvalue weighted by molar-refractivity contribution is 7.17. The van der Waals surface area contributed by atoms with Gasteiger partial charge in [-0.15, -0.1) is 11.3 Å². The van der Waals surface area contributed by atoms with E-state index in [0.29, 0.717) is 45.8 Å². The van der Waals surface area contributed by atoms with Crippen molar-refractivity contribution in [3.8, 4) is 10.8 Å². The van der Waals surface area contributed by atoms with E-state index in [1.165, 1.54) is 11.3 Å². The van der Waals surface area contributed by atoms with E-state index in [4.69, 9.17) is 9.15 Å². The van der Waals surface area contributed by atoms with Crippen molar-refractivity contribution >= 4 is 28.8 Å². The van der Waals surface area contributed by atoms with Crippen LogP contribution in [-0.2, 0) is 4.74 Å². The number of nitrogens with zero attached hydrogens (tertiary/aromatic N) is 1. The fourth-order valence-electron chi connectivity index (χ4n) is 3.27. The minimum atomic E-state index is -0.237. The number of aromatic nitrogens is 1. The Bertz CT molecular complexity index is 1050. The molecule has 2 N–H and O–H groups in total. The minimum Gasteiger partial charge on any atom is -0.459 e. The maximum absolute atomic E-state index is 12.7. The van der Waals surface area contributed by atoms with Gasteiger partial charge in [0.05, 0.1) is 5.69 Å². The Morgan fingerprint density at radius 3 is 2.43 bits per heavy atom. The molecular formula is C22H23N3O4S. The summed E-state index contributed by atoms with van der Waals surface area (Å²) in [7, 11) is 0. The highest BCUT2D eigenvalue weighted by Crippen LogP contribution is 2.29. The number of nitrogens with one attached hydrogen (secondary N) is 2. The zero-order valence-electron chi connectivity index (χ0n) is 16.9. The Kier molecular flexibility index (Phi) is 5.96. The molecule has 0 saturated carbocycles. The zero-order chi connectivity index (χ0) is 21.1. The molecule has 7 nitrogen and oxygen atoms in total. The third kappa shape index (κ3) is 4.60. The van der Waals surface area contributed by atoms with E-state index in [1.54, 1.807) is 31.2 Å². The molecule has 1 fully saturated rings. The van der Waals surface area contributed by atoms with Gasteiger partial charge in [-0.25, -0.2) is 4.98 Å². The fraction of sp³-hybridized carbons (Fsp3) is 0.318. The van der Waals surface area contributed by atoms with Crippen LogP contribution in [0.1, 0.15) is 44.3 Å². The molecule has 1 aromatic carbocycles. The van der Waals surface area contributed by atoms with E-state index < -0.39 is 0 Å². The summed E-state index contributed by atoms with van der Waals surface area (Å²) in [5.41, 5.74) is 1.82. The number of carbonyl (C=O) groups excluding carboxylic acids is 2. The van der Waals surface area contributed by atoms with Gasteiger partial charge >= 0.3 is 0 Å². The number of hydrogen-bond donors (Lipinski definition) is 2. The van der Waals surface area contributed by atoms with E-state index in [2.05, 4.69) is 15.6 Å². The predicted octanol–water partition coefficient (Wildman–Crippen LogP) is 4.18. The van der Waals surface area contributed by atoms with Crippen molar-refractivity contribution in [1.29, 1.82) is 0 Å². The number of hydrogen-bond acceptors (Lipinski definition) is 6. The second kappa shape index (κ2) is 8.81. The molecule has 0 spiro atoms. The first-order valence-electron chi connectivity index (χ1n) is 9.84. The Balaban J connectivity index is 1.40. The summed E-state index contributed by atoms with van der Waals surface area (Å²) >= 11 is 1.29. The van der Waals surface area contributed by atoms with Crippen molar-refractivity contribution < 1.29 is 18.7 Å². The van der Waals surface area contributed by atoms with Crippen molar-refractivity contribution in [2.75, 3.05) is 18.5 Å².